The van der Waals surface area contributed by atoms with Gasteiger partial charge in [-0.15, -0.1) is 0 Å². The number of alkyl halides is 2. The predicted octanol–water partition coefficient (Wildman–Crippen LogP) is 1.92. The van der Waals surface area contributed by atoms with E-state index in [-0.39, 0.29) is 12.3 Å². The number of nitrogens with zero attached hydrogens (tertiary/aromatic N) is 2. The molecule has 2 N–H and O–H groups in total. The van der Waals surface area contributed by atoms with Crippen molar-refractivity contribution in [3.05, 3.63) is 29.8 Å². The van der Waals surface area contributed by atoms with Crippen LogP contribution in [0.3, 0.4) is 0 Å². The minimum Gasteiger partial charge on any atom is -0.434 e. The molecule has 0 fully saturated rings. The molecule has 6 nitrogen and oxygen atoms in total. The second kappa shape index (κ2) is 12.4. The number of hydrogen-bond donors (Lipinski definition) is 2. The third-order valence-corrected chi connectivity index (χ3v) is 3.40. The molecule has 0 aromatic heterocycles. The molecule has 0 saturated heterocycles. The van der Waals surface area contributed by atoms with Crippen LogP contribution in [0.15, 0.2) is 29.3 Å². The van der Waals surface area contributed by atoms with Gasteiger partial charge in [-0.05, 0) is 20.0 Å². The van der Waals surface area contributed by atoms with Crippen molar-refractivity contribution in [1.29, 1.82) is 0 Å². The summed E-state index contributed by atoms with van der Waals surface area (Å²) in [5.41, 5.74) is 0.609. The van der Waals surface area contributed by atoms with Gasteiger partial charge in [0.25, 0.3) is 0 Å². The van der Waals surface area contributed by atoms with E-state index in [1.807, 2.05) is 14.0 Å². The SMILES string of the molecule is CCNC(=NCc1ccccc1OC(F)F)NCCN(C)CCOC. The highest BCUT2D eigenvalue weighted by Gasteiger charge is 2.09. The third kappa shape index (κ3) is 9.21. The molecule has 1 aromatic carbocycles. The number of aliphatic imine (C=N–C) groups is 1. The summed E-state index contributed by atoms with van der Waals surface area (Å²) in [6, 6.07) is 6.67. The molecule has 0 unspecified atom stereocenters. The van der Waals surface area contributed by atoms with Crippen LogP contribution in [0.25, 0.3) is 0 Å². The first-order valence-electron chi connectivity index (χ1n) is 8.29. The summed E-state index contributed by atoms with van der Waals surface area (Å²) in [6.07, 6.45) is 0. The fourth-order valence-corrected chi connectivity index (χ4v) is 2.08. The number of benzene rings is 1. The van der Waals surface area contributed by atoms with Gasteiger partial charge in [0.05, 0.1) is 13.2 Å². The lowest BCUT2D eigenvalue weighted by molar-refractivity contribution is -0.0504. The standard InChI is InChI=1S/C17H28F2N4O2/c1-4-20-17(21-9-10-23(2)11-12-24-3)22-13-14-7-5-6-8-15(14)25-16(18)19/h5-8,16H,4,9-13H2,1-3H3,(H2,20,21,22). The summed E-state index contributed by atoms with van der Waals surface area (Å²) in [6.45, 7) is 3.16. The molecule has 0 saturated carbocycles. The van der Waals surface area contributed by atoms with Crippen LogP contribution in [0.5, 0.6) is 5.75 Å². The zero-order valence-electron chi connectivity index (χ0n) is 15.1. The number of guanidine groups is 1. The molecule has 0 aliphatic rings. The monoisotopic (exact) mass is 358 g/mol. The molecule has 0 aliphatic carbocycles. The topological polar surface area (TPSA) is 58.1 Å². The second-order valence-corrected chi connectivity index (χ2v) is 5.40. The number of methoxy groups -OCH3 is 1. The highest BCUT2D eigenvalue weighted by atomic mass is 19.3. The van der Waals surface area contributed by atoms with E-state index in [2.05, 4.69) is 25.3 Å². The van der Waals surface area contributed by atoms with Gasteiger partial charge in [-0.3, -0.25) is 0 Å². The van der Waals surface area contributed by atoms with Gasteiger partial charge >= 0.3 is 6.61 Å². The van der Waals surface area contributed by atoms with Crippen molar-refractivity contribution < 1.29 is 18.3 Å². The van der Waals surface area contributed by atoms with Crippen molar-refractivity contribution in [2.24, 2.45) is 4.99 Å². The molecule has 142 valence electrons. The largest absolute Gasteiger partial charge is 0.434 e. The lowest BCUT2D eigenvalue weighted by atomic mass is 10.2. The van der Waals surface area contributed by atoms with Gasteiger partial charge in [-0.1, -0.05) is 18.2 Å². The molecule has 0 spiro atoms. The van der Waals surface area contributed by atoms with E-state index in [1.54, 1.807) is 25.3 Å². The quantitative estimate of drug-likeness (QED) is 0.468. The van der Waals surface area contributed by atoms with Crippen molar-refractivity contribution in [3.63, 3.8) is 0 Å². The lowest BCUT2D eigenvalue weighted by Crippen LogP contribution is -2.41. The first-order valence-corrected chi connectivity index (χ1v) is 8.29. The smallest absolute Gasteiger partial charge is 0.387 e. The summed E-state index contributed by atoms with van der Waals surface area (Å²) >= 11 is 0. The van der Waals surface area contributed by atoms with Crippen LogP contribution in [0.1, 0.15) is 12.5 Å². The predicted molar refractivity (Wildman–Crippen MR) is 95.3 cm³/mol. The summed E-state index contributed by atoms with van der Waals surface area (Å²) in [7, 11) is 3.69. The highest BCUT2D eigenvalue weighted by Crippen LogP contribution is 2.20. The Hall–Kier alpha value is -1.93. The number of para-hydroxylation sites is 1. The Kier molecular flexibility index (Phi) is 10.5. The molecule has 0 atom stereocenters. The van der Waals surface area contributed by atoms with Crippen molar-refractivity contribution >= 4 is 5.96 Å². The average Bonchev–Trinajstić information content (AvgIpc) is 2.58. The van der Waals surface area contributed by atoms with Gasteiger partial charge in [0.2, 0.25) is 0 Å². The molecule has 0 bridgehead atoms. The summed E-state index contributed by atoms with van der Waals surface area (Å²) in [4.78, 5) is 6.58. The fourth-order valence-electron chi connectivity index (χ4n) is 2.08. The first-order chi connectivity index (χ1) is 12.1. The summed E-state index contributed by atoms with van der Waals surface area (Å²) < 4.78 is 34.5. The number of ether oxygens (including phenoxy) is 2. The van der Waals surface area contributed by atoms with Crippen molar-refractivity contribution in [1.82, 2.24) is 15.5 Å². The molecule has 0 aliphatic heterocycles. The van der Waals surface area contributed by atoms with E-state index in [4.69, 9.17) is 4.74 Å². The van der Waals surface area contributed by atoms with Crippen molar-refractivity contribution in [3.8, 4) is 5.75 Å². The Bertz CT molecular complexity index is 515. The average molecular weight is 358 g/mol. The molecule has 0 heterocycles. The minimum atomic E-state index is -2.85. The van der Waals surface area contributed by atoms with Crippen LogP contribution in [-0.4, -0.2) is 64.4 Å². The van der Waals surface area contributed by atoms with E-state index in [0.717, 1.165) is 13.1 Å². The van der Waals surface area contributed by atoms with Crippen LogP contribution in [0.4, 0.5) is 8.78 Å². The molecule has 1 aromatic rings. The third-order valence-electron chi connectivity index (χ3n) is 3.40. The zero-order valence-corrected chi connectivity index (χ0v) is 15.1. The Morgan fingerprint density at radius 2 is 2.00 bits per heavy atom. The van der Waals surface area contributed by atoms with Gasteiger partial charge < -0.3 is 25.0 Å². The number of halogens is 2. The fraction of sp³-hybridized carbons (Fsp3) is 0.588. The van der Waals surface area contributed by atoms with Crippen LogP contribution < -0.4 is 15.4 Å². The molecule has 0 radical (unpaired) electrons. The van der Waals surface area contributed by atoms with Gasteiger partial charge in [-0.2, -0.15) is 8.78 Å². The van der Waals surface area contributed by atoms with Gasteiger partial charge in [-0.25, -0.2) is 4.99 Å². The molecular weight excluding hydrogens is 330 g/mol. The van der Waals surface area contributed by atoms with Crippen LogP contribution >= 0.6 is 0 Å². The van der Waals surface area contributed by atoms with E-state index in [1.165, 1.54) is 6.07 Å². The van der Waals surface area contributed by atoms with Gasteiger partial charge in [0.15, 0.2) is 5.96 Å². The van der Waals surface area contributed by atoms with E-state index >= 15 is 0 Å². The van der Waals surface area contributed by atoms with Crippen LogP contribution in [0.2, 0.25) is 0 Å². The Labute approximate surface area is 148 Å². The van der Waals surface area contributed by atoms with Crippen LogP contribution in [0, 0.1) is 0 Å². The Morgan fingerprint density at radius 3 is 2.68 bits per heavy atom. The van der Waals surface area contributed by atoms with E-state index in [9.17, 15) is 8.78 Å². The normalized spacial score (nSPS) is 11.9. The maximum Gasteiger partial charge on any atom is 0.387 e. The van der Waals surface area contributed by atoms with Gasteiger partial charge in [0.1, 0.15) is 5.75 Å². The molecule has 25 heavy (non-hydrogen) atoms. The highest BCUT2D eigenvalue weighted by molar-refractivity contribution is 5.79. The maximum absolute atomic E-state index is 12.5. The van der Waals surface area contributed by atoms with E-state index < -0.39 is 6.61 Å². The Morgan fingerprint density at radius 1 is 1.24 bits per heavy atom. The molecular formula is C17H28F2N4O2. The number of likely N-dealkylation sites (N-methyl/N-ethyl adjacent to an activating group) is 1. The van der Waals surface area contributed by atoms with Crippen molar-refractivity contribution in [2.45, 2.75) is 20.1 Å². The maximum atomic E-state index is 12.5. The lowest BCUT2D eigenvalue weighted by Gasteiger charge is -2.18. The second-order valence-electron chi connectivity index (χ2n) is 5.40. The van der Waals surface area contributed by atoms with Crippen LogP contribution in [-0.2, 0) is 11.3 Å². The minimum absolute atomic E-state index is 0.149. The number of rotatable bonds is 11. The molecule has 1 rings (SSSR count). The summed E-state index contributed by atoms with van der Waals surface area (Å²) in [5, 5.41) is 6.36. The molecule has 8 heteroatoms. The number of nitrogens with one attached hydrogen (secondary N) is 2. The first kappa shape index (κ1) is 21.1. The molecule has 0 amide bonds. The van der Waals surface area contributed by atoms with E-state index in [0.29, 0.717) is 31.2 Å². The Balaban J connectivity index is 2.58. The zero-order chi connectivity index (χ0) is 18.5. The van der Waals surface area contributed by atoms with Crippen molar-refractivity contribution in [2.75, 3.05) is 46.9 Å². The van der Waals surface area contributed by atoms with Gasteiger partial charge in [0, 0.05) is 38.9 Å². The summed E-state index contributed by atoms with van der Waals surface area (Å²) in [5.74, 6) is 0.783. The number of hydrogen-bond acceptors (Lipinski definition) is 4.